The summed E-state index contributed by atoms with van der Waals surface area (Å²) in [7, 11) is 0. The molecular formula is C16H23NO4S. The predicted octanol–water partition coefficient (Wildman–Crippen LogP) is 4.31. The minimum Gasteiger partial charge on any atom is -0.465 e. The van der Waals surface area contributed by atoms with Crippen LogP contribution < -0.4 is 5.32 Å². The second-order valence-corrected chi connectivity index (χ2v) is 8.59. The molecule has 1 heterocycles. The van der Waals surface area contributed by atoms with E-state index >= 15 is 0 Å². The van der Waals surface area contributed by atoms with Crippen LogP contribution in [0, 0.1) is 5.41 Å². The van der Waals surface area contributed by atoms with Crippen LogP contribution in [0.2, 0.25) is 0 Å². The number of hydrogen-bond donors (Lipinski definition) is 2. The molecule has 1 aromatic heterocycles. The highest BCUT2D eigenvalue weighted by molar-refractivity contribution is 7.17. The Balaban J connectivity index is 2.44. The second kappa shape index (κ2) is 5.57. The lowest BCUT2D eigenvalue weighted by Crippen LogP contribution is -2.26. The van der Waals surface area contributed by atoms with Crippen LogP contribution in [0.5, 0.6) is 0 Å². The first-order valence-electron chi connectivity index (χ1n) is 7.36. The van der Waals surface area contributed by atoms with Crippen LogP contribution in [-0.4, -0.2) is 22.8 Å². The Morgan fingerprint density at radius 3 is 2.50 bits per heavy atom. The van der Waals surface area contributed by atoms with Crippen molar-refractivity contribution in [3.05, 3.63) is 16.0 Å². The van der Waals surface area contributed by atoms with Crippen LogP contribution in [0.15, 0.2) is 0 Å². The molecule has 1 aliphatic rings. The number of carbonyl (C=O) groups excluding carboxylic acids is 1. The summed E-state index contributed by atoms with van der Waals surface area (Å²) in [6, 6.07) is 0. The summed E-state index contributed by atoms with van der Waals surface area (Å²) in [5.41, 5.74) is 0.902. The normalized spacial score (nSPS) is 16.8. The Hall–Kier alpha value is -1.56. The van der Waals surface area contributed by atoms with E-state index in [0.29, 0.717) is 10.6 Å². The molecule has 6 heteroatoms. The van der Waals surface area contributed by atoms with Gasteiger partial charge in [-0.2, -0.15) is 0 Å². The standard InChI is InChI=1S/C16H23NO4S/c1-15(2,3)21-13(18)11-9-6-7-16(4,5)8-10(9)22-12(11)17-14(19)20/h17H,6-8H2,1-5H3,(H,19,20). The summed E-state index contributed by atoms with van der Waals surface area (Å²) in [4.78, 5) is 24.6. The van der Waals surface area contributed by atoms with Crippen LogP contribution in [0.1, 0.15) is 61.8 Å². The number of ether oxygens (including phenoxy) is 1. The summed E-state index contributed by atoms with van der Waals surface area (Å²) in [6.45, 7) is 9.78. The van der Waals surface area contributed by atoms with Gasteiger partial charge in [-0.25, -0.2) is 9.59 Å². The van der Waals surface area contributed by atoms with Crippen molar-refractivity contribution in [2.75, 3.05) is 5.32 Å². The van der Waals surface area contributed by atoms with Crippen molar-refractivity contribution >= 4 is 28.4 Å². The van der Waals surface area contributed by atoms with E-state index < -0.39 is 17.7 Å². The van der Waals surface area contributed by atoms with Gasteiger partial charge in [0.25, 0.3) is 0 Å². The maximum atomic E-state index is 12.5. The maximum absolute atomic E-state index is 12.5. The molecule has 5 nitrogen and oxygen atoms in total. The molecule has 0 unspecified atom stereocenters. The van der Waals surface area contributed by atoms with Gasteiger partial charge in [0.15, 0.2) is 0 Å². The van der Waals surface area contributed by atoms with Crippen LogP contribution in [0.25, 0.3) is 0 Å². The fourth-order valence-corrected chi connectivity index (χ4v) is 4.12. The number of carbonyl (C=O) groups is 2. The minimum atomic E-state index is -1.16. The number of fused-ring (bicyclic) bond motifs is 1. The van der Waals surface area contributed by atoms with E-state index in [1.54, 1.807) is 20.8 Å². The highest BCUT2D eigenvalue weighted by Crippen LogP contribution is 2.44. The zero-order valence-corrected chi connectivity index (χ0v) is 14.5. The third-order valence-corrected chi connectivity index (χ3v) is 4.75. The van der Waals surface area contributed by atoms with Crippen molar-refractivity contribution in [3.63, 3.8) is 0 Å². The molecule has 0 saturated heterocycles. The van der Waals surface area contributed by atoms with E-state index in [2.05, 4.69) is 19.2 Å². The molecule has 1 aromatic rings. The lowest BCUT2D eigenvalue weighted by atomic mass is 9.77. The van der Waals surface area contributed by atoms with Gasteiger partial charge in [0.1, 0.15) is 10.6 Å². The van der Waals surface area contributed by atoms with Crippen LogP contribution >= 0.6 is 11.3 Å². The quantitative estimate of drug-likeness (QED) is 0.795. The molecule has 122 valence electrons. The molecule has 0 radical (unpaired) electrons. The van der Waals surface area contributed by atoms with E-state index in [1.165, 1.54) is 11.3 Å². The molecule has 0 aromatic carbocycles. The molecule has 1 aliphatic carbocycles. The van der Waals surface area contributed by atoms with Gasteiger partial charge in [0.2, 0.25) is 0 Å². The molecule has 0 bridgehead atoms. The van der Waals surface area contributed by atoms with Gasteiger partial charge >= 0.3 is 12.1 Å². The van der Waals surface area contributed by atoms with Gasteiger partial charge < -0.3 is 9.84 Å². The van der Waals surface area contributed by atoms with Crippen molar-refractivity contribution < 1.29 is 19.4 Å². The summed E-state index contributed by atoms with van der Waals surface area (Å²) >= 11 is 1.35. The largest absolute Gasteiger partial charge is 0.465 e. The van der Waals surface area contributed by atoms with Crippen molar-refractivity contribution in [2.24, 2.45) is 5.41 Å². The number of carboxylic acid groups (broad SMARTS) is 1. The summed E-state index contributed by atoms with van der Waals surface area (Å²) < 4.78 is 5.46. The Labute approximate surface area is 134 Å². The number of rotatable bonds is 2. The van der Waals surface area contributed by atoms with Gasteiger partial charge in [-0.3, -0.25) is 5.32 Å². The summed E-state index contributed by atoms with van der Waals surface area (Å²) in [5.74, 6) is -0.451. The molecular weight excluding hydrogens is 302 g/mol. The fourth-order valence-electron chi connectivity index (χ4n) is 2.64. The molecule has 2 rings (SSSR count). The lowest BCUT2D eigenvalue weighted by Gasteiger charge is -2.29. The zero-order chi connectivity index (χ0) is 16.7. The first-order chi connectivity index (χ1) is 9.98. The highest BCUT2D eigenvalue weighted by Gasteiger charge is 2.34. The topological polar surface area (TPSA) is 75.6 Å². The first-order valence-corrected chi connectivity index (χ1v) is 8.18. The van der Waals surface area contributed by atoms with Crippen LogP contribution in [0.4, 0.5) is 9.80 Å². The average Bonchev–Trinajstić information content (AvgIpc) is 2.60. The van der Waals surface area contributed by atoms with Gasteiger partial charge in [-0.15, -0.1) is 11.3 Å². The average molecular weight is 325 g/mol. The Bertz CT molecular complexity index is 610. The third kappa shape index (κ3) is 3.80. The number of thiophene rings is 1. The van der Waals surface area contributed by atoms with E-state index in [4.69, 9.17) is 9.84 Å². The molecule has 0 aliphatic heterocycles. The molecule has 22 heavy (non-hydrogen) atoms. The molecule has 1 amide bonds. The Morgan fingerprint density at radius 2 is 1.95 bits per heavy atom. The van der Waals surface area contributed by atoms with Gasteiger partial charge in [0.05, 0.1) is 5.56 Å². The van der Waals surface area contributed by atoms with Crippen LogP contribution in [-0.2, 0) is 17.6 Å². The SMILES string of the molecule is CC1(C)CCc2c(sc(NC(=O)O)c2C(=O)OC(C)(C)C)C1. The molecule has 0 atom stereocenters. The maximum Gasteiger partial charge on any atom is 0.409 e. The molecule has 0 fully saturated rings. The van der Waals surface area contributed by atoms with Gasteiger partial charge in [-0.05, 0) is 51.0 Å². The highest BCUT2D eigenvalue weighted by atomic mass is 32.1. The van der Waals surface area contributed by atoms with Crippen molar-refractivity contribution in [3.8, 4) is 0 Å². The smallest absolute Gasteiger partial charge is 0.409 e. The van der Waals surface area contributed by atoms with Gasteiger partial charge in [0, 0.05) is 4.88 Å². The fraction of sp³-hybridized carbons (Fsp3) is 0.625. The summed E-state index contributed by atoms with van der Waals surface area (Å²) in [5, 5.41) is 11.8. The minimum absolute atomic E-state index is 0.170. The Kier molecular flexibility index (Phi) is 4.26. The lowest BCUT2D eigenvalue weighted by molar-refractivity contribution is 0.00695. The van der Waals surface area contributed by atoms with Crippen LogP contribution in [0.3, 0.4) is 0 Å². The van der Waals surface area contributed by atoms with E-state index in [9.17, 15) is 9.59 Å². The number of amides is 1. The summed E-state index contributed by atoms with van der Waals surface area (Å²) in [6.07, 6.45) is 1.43. The first kappa shape index (κ1) is 16.8. The zero-order valence-electron chi connectivity index (χ0n) is 13.7. The monoisotopic (exact) mass is 325 g/mol. The van der Waals surface area contributed by atoms with E-state index in [-0.39, 0.29) is 5.41 Å². The van der Waals surface area contributed by atoms with Crippen molar-refractivity contribution in [1.29, 1.82) is 0 Å². The van der Waals surface area contributed by atoms with Crippen molar-refractivity contribution in [2.45, 2.75) is 59.5 Å². The Morgan fingerprint density at radius 1 is 1.32 bits per heavy atom. The number of anilines is 1. The molecule has 0 saturated carbocycles. The molecule has 2 N–H and O–H groups in total. The predicted molar refractivity (Wildman–Crippen MR) is 86.9 cm³/mol. The third-order valence-electron chi connectivity index (χ3n) is 3.61. The number of hydrogen-bond acceptors (Lipinski definition) is 4. The second-order valence-electron chi connectivity index (χ2n) is 7.48. The molecule has 0 spiro atoms. The number of esters is 1. The van der Waals surface area contributed by atoms with Gasteiger partial charge in [-0.1, -0.05) is 13.8 Å². The van der Waals surface area contributed by atoms with E-state index in [1.807, 2.05) is 0 Å². The van der Waals surface area contributed by atoms with E-state index in [0.717, 1.165) is 29.7 Å². The number of nitrogens with one attached hydrogen (secondary N) is 1. The van der Waals surface area contributed by atoms with Crippen molar-refractivity contribution in [1.82, 2.24) is 0 Å².